The average Bonchev–Trinajstić information content (AvgIpc) is 2.52. The molecule has 0 aromatic rings. The number of hydrogen-bond donors (Lipinski definition) is 2. The van der Waals surface area contributed by atoms with Gasteiger partial charge in [-0.3, -0.25) is 4.55 Å². The van der Waals surface area contributed by atoms with Crippen LogP contribution in [0, 0.1) is 0 Å². The van der Waals surface area contributed by atoms with Gasteiger partial charge in [-0.05, 0) is 13.3 Å². The van der Waals surface area contributed by atoms with Crippen LogP contribution in [-0.2, 0) is 19.4 Å². The molecule has 148 valence electrons. The van der Waals surface area contributed by atoms with E-state index in [-0.39, 0.29) is 6.61 Å². The molecule has 6 nitrogen and oxygen atoms in total. The van der Waals surface area contributed by atoms with Crippen LogP contribution in [-0.4, -0.2) is 30.7 Å². The summed E-state index contributed by atoms with van der Waals surface area (Å²) in [7, 11) is -4.23. The van der Waals surface area contributed by atoms with Gasteiger partial charge in [0, 0.05) is 6.08 Å². The number of carboxylic acid groups (broad SMARTS) is 1. The molecule has 0 fully saturated rings. The quantitative estimate of drug-likeness (QED) is 0.192. The van der Waals surface area contributed by atoms with Gasteiger partial charge in [-0.2, -0.15) is 8.42 Å². The summed E-state index contributed by atoms with van der Waals surface area (Å²) in [6, 6.07) is 0. The maximum atomic E-state index is 10.2. The van der Waals surface area contributed by atoms with Crippen LogP contribution >= 0.6 is 0 Å². The molecular weight excluding hydrogens is 344 g/mol. The molecular formula is C18H34O6S. The predicted octanol–water partition coefficient (Wildman–Crippen LogP) is 4.93. The second-order valence-electron chi connectivity index (χ2n) is 5.65. The largest absolute Gasteiger partial charge is 0.478 e. The molecule has 0 bridgehead atoms. The molecule has 0 amide bonds. The fourth-order valence-electron chi connectivity index (χ4n) is 2.00. The lowest BCUT2D eigenvalue weighted by molar-refractivity contribution is -0.131. The number of rotatable bonds is 14. The van der Waals surface area contributed by atoms with Crippen LogP contribution in [0.5, 0.6) is 0 Å². The Morgan fingerprint density at radius 2 is 1.40 bits per heavy atom. The van der Waals surface area contributed by atoms with E-state index in [2.05, 4.69) is 11.1 Å². The van der Waals surface area contributed by atoms with Crippen LogP contribution in [0.15, 0.2) is 24.3 Å². The van der Waals surface area contributed by atoms with Gasteiger partial charge in [0.05, 0.1) is 6.61 Å². The molecule has 0 aliphatic carbocycles. The summed E-state index contributed by atoms with van der Waals surface area (Å²) in [6.45, 7) is 4.14. The third-order valence-corrected chi connectivity index (χ3v) is 3.74. The van der Waals surface area contributed by atoms with Gasteiger partial charge in [0.25, 0.3) is 0 Å². The van der Waals surface area contributed by atoms with Crippen LogP contribution in [0.3, 0.4) is 0 Å². The van der Waals surface area contributed by atoms with Gasteiger partial charge in [-0.25, -0.2) is 8.98 Å². The van der Waals surface area contributed by atoms with Crippen molar-refractivity contribution in [2.24, 2.45) is 0 Å². The molecule has 0 saturated heterocycles. The number of unbranched alkanes of at least 4 members (excludes halogenated alkanes) is 9. The smallest absolute Gasteiger partial charge is 0.397 e. The highest BCUT2D eigenvalue weighted by Crippen LogP contribution is 2.10. The first kappa shape index (κ1) is 26.1. The second-order valence-corrected chi connectivity index (χ2v) is 6.75. The molecule has 0 heterocycles. The highest BCUT2D eigenvalue weighted by Gasteiger charge is 2.02. The molecule has 25 heavy (non-hydrogen) atoms. The van der Waals surface area contributed by atoms with Crippen LogP contribution in [0.2, 0.25) is 0 Å². The van der Waals surface area contributed by atoms with Crippen molar-refractivity contribution >= 4 is 16.4 Å². The van der Waals surface area contributed by atoms with E-state index in [0.29, 0.717) is 6.42 Å². The molecule has 0 rings (SSSR count). The van der Waals surface area contributed by atoms with E-state index in [1.54, 1.807) is 12.2 Å². The normalized spacial score (nSPS) is 11.6. The first-order chi connectivity index (χ1) is 11.8. The van der Waals surface area contributed by atoms with Crippen molar-refractivity contribution in [1.82, 2.24) is 0 Å². The van der Waals surface area contributed by atoms with Crippen molar-refractivity contribution in [2.75, 3.05) is 6.61 Å². The number of carbonyl (C=O) groups is 1. The number of aliphatic carboxylic acids is 1. The van der Waals surface area contributed by atoms with E-state index in [4.69, 9.17) is 9.66 Å². The Kier molecular flexibility index (Phi) is 20.0. The minimum atomic E-state index is -4.23. The van der Waals surface area contributed by atoms with E-state index < -0.39 is 16.4 Å². The predicted molar refractivity (Wildman–Crippen MR) is 101 cm³/mol. The molecule has 0 aromatic heterocycles. The highest BCUT2D eigenvalue weighted by molar-refractivity contribution is 7.80. The summed E-state index contributed by atoms with van der Waals surface area (Å²) in [4.78, 5) is 9.75. The Balaban J connectivity index is 0. The summed E-state index contributed by atoms with van der Waals surface area (Å²) >= 11 is 0. The van der Waals surface area contributed by atoms with E-state index >= 15 is 0 Å². The first-order valence-electron chi connectivity index (χ1n) is 8.97. The maximum Gasteiger partial charge on any atom is 0.397 e. The lowest BCUT2D eigenvalue weighted by Gasteiger charge is -2.02. The van der Waals surface area contributed by atoms with Crippen molar-refractivity contribution in [2.45, 2.75) is 78.1 Å². The van der Waals surface area contributed by atoms with Crippen LogP contribution in [0.25, 0.3) is 0 Å². The Labute approximate surface area is 152 Å². The summed E-state index contributed by atoms with van der Waals surface area (Å²) in [5, 5.41) is 8.02. The molecule has 0 saturated carbocycles. The monoisotopic (exact) mass is 378 g/mol. The van der Waals surface area contributed by atoms with Gasteiger partial charge in [-0.1, -0.05) is 82.9 Å². The average molecular weight is 379 g/mol. The number of allylic oxidation sites excluding steroid dienone is 3. The Bertz CT molecular complexity index is 454. The van der Waals surface area contributed by atoms with E-state index in [0.717, 1.165) is 18.9 Å². The minimum absolute atomic E-state index is 0.0926. The molecule has 0 radical (unpaired) electrons. The molecule has 0 unspecified atom stereocenters. The van der Waals surface area contributed by atoms with Crippen molar-refractivity contribution in [3.63, 3.8) is 0 Å². The van der Waals surface area contributed by atoms with Gasteiger partial charge in [-0.15, -0.1) is 0 Å². The van der Waals surface area contributed by atoms with Crippen molar-refractivity contribution in [3.8, 4) is 0 Å². The molecule has 0 aliphatic heterocycles. The highest BCUT2D eigenvalue weighted by atomic mass is 32.3. The molecule has 2 N–H and O–H groups in total. The van der Waals surface area contributed by atoms with E-state index in [9.17, 15) is 13.2 Å². The van der Waals surface area contributed by atoms with Crippen LogP contribution < -0.4 is 0 Å². The third-order valence-electron chi connectivity index (χ3n) is 3.27. The zero-order valence-corrected chi connectivity index (χ0v) is 16.3. The van der Waals surface area contributed by atoms with Crippen molar-refractivity contribution in [3.05, 3.63) is 24.3 Å². The first-order valence-corrected chi connectivity index (χ1v) is 10.3. The van der Waals surface area contributed by atoms with Crippen molar-refractivity contribution < 1.29 is 27.1 Å². The molecule has 0 spiro atoms. The van der Waals surface area contributed by atoms with E-state index in [1.807, 2.05) is 6.92 Å². The molecule has 0 atom stereocenters. The minimum Gasteiger partial charge on any atom is -0.478 e. The van der Waals surface area contributed by atoms with Gasteiger partial charge < -0.3 is 5.11 Å². The SMILES string of the molecule is CC=CC=CC(=O)O.CCCCCCCCCCCCOS(=O)(=O)O. The van der Waals surface area contributed by atoms with Gasteiger partial charge in [0.2, 0.25) is 0 Å². The standard InChI is InChI=1S/C12H26O4S.C6H8O2/c1-2-3-4-5-6-7-8-9-10-11-12-16-17(13,14)15;1-2-3-4-5-6(7)8/h2-12H2,1H3,(H,13,14,15);2-5H,1H3,(H,7,8). The summed E-state index contributed by atoms with van der Waals surface area (Å²) in [5.74, 6) is -0.914. The van der Waals surface area contributed by atoms with E-state index in [1.165, 1.54) is 51.0 Å². The zero-order valence-electron chi connectivity index (χ0n) is 15.5. The fraction of sp³-hybridized carbons (Fsp3) is 0.722. The molecule has 0 aliphatic rings. The third kappa shape index (κ3) is 31.2. The Morgan fingerprint density at radius 1 is 0.920 bits per heavy atom. The summed E-state index contributed by atoms with van der Waals surface area (Å²) < 4.78 is 33.0. The van der Waals surface area contributed by atoms with Crippen LogP contribution in [0.4, 0.5) is 0 Å². The zero-order chi connectivity index (χ0) is 19.4. The molecule has 7 heteroatoms. The lowest BCUT2D eigenvalue weighted by Crippen LogP contribution is -2.04. The topological polar surface area (TPSA) is 101 Å². The summed E-state index contributed by atoms with van der Waals surface area (Å²) in [5.41, 5.74) is 0. The maximum absolute atomic E-state index is 10.2. The molecule has 0 aromatic carbocycles. The Morgan fingerprint density at radius 3 is 1.80 bits per heavy atom. The lowest BCUT2D eigenvalue weighted by atomic mass is 10.1. The van der Waals surface area contributed by atoms with Gasteiger partial charge >= 0.3 is 16.4 Å². The van der Waals surface area contributed by atoms with Crippen molar-refractivity contribution in [1.29, 1.82) is 0 Å². The van der Waals surface area contributed by atoms with Gasteiger partial charge in [0.1, 0.15) is 0 Å². The van der Waals surface area contributed by atoms with Gasteiger partial charge in [0.15, 0.2) is 0 Å². The van der Waals surface area contributed by atoms with Crippen LogP contribution in [0.1, 0.15) is 78.1 Å². The number of carboxylic acids is 1. The number of hydrogen-bond acceptors (Lipinski definition) is 4. The fourth-order valence-corrected chi connectivity index (χ4v) is 2.33. The second kappa shape index (κ2) is 19.1. The summed E-state index contributed by atoms with van der Waals surface area (Å²) in [6.07, 6.45) is 17.8. The Hall–Kier alpha value is -1.18.